The van der Waals surface area contributed by atoms with Gasteiger partial charge in [-0.15, -0.1) is 0 Å². The second kappa shape index (κ2) is 7.26. The minimum atomic E-state index is -0.167. The highest BCUT2D eigenvalue weighted by Gasteiger charge is 2.50. The summed E-state index contributed by atoms with van der Waals surface area (Å²) in [5.74, 6) is -0.119. The van der Waals surface area contributed by atoms with E-state index in [9.17, 15) is 9.59 Å². The molecule has 3 atom stereocenters. The van der Waals surface area contributed by atoms with Crippen LogP contribution in [0.1, 0.15) is 44.6 Å². The summed E-state index contributed by atoms with van der Waals surface area (Å²) in [6.07, 6.45) is 5.09. The van der Waals surface area contributed by atoms with Gasteiger partial charge in [0.15, 0.2) is 0 Å². The van der Waals surface area contributed by atoms with Crippen molar-refractivity contribution in [3.05, 3.63) is 28.2 Å². The van der Waals surface area contributed by atoms with Crippen LogP contribution in [0.4, 0.5) is 5.69 Å². The van der Waals surface area contributed by atoms with Crippen molar-refractivity contribution in [1.82, 2.24) is 4.90 Å². The normalized spacial score (nSPS) is 26.1. The number of benzene rings is 1. The van der Waals surface area contributed by atoms with E-state index in [-0.39, 0.29) is 23.7 Å². The Labute approximate surface area is 152 Å². The summed E-state index contributed by atoms with van der Waals surface area (Å²) in [6, 6.07) is 6.15. The van der Waals surface area contributed by atoms with Crippen LogP contribution < -0.4 is 5.32 Å². The summed E-state index contributed by atoms with van der Waals surface area (Å²) in [4.78, 5) is 27.2. The van der Waals surface area contributed by atoms with Crippen LogP contribution in [0.3, 0.4) is 0 Å². The minimum absolute atomic E-state index is 0.0242. The maximum atomic E-state index is 12.7. The number of amides is 2. The van der Waals surface area contributed by atoms with E-state index < -0.39 is 0 Å². The van der Waals surface area contributed by atoms with Crippen molar-refractivity contribution < 1.29 is 9.59 Å². The van der Waals surface area contributed by atoms with Gasteiger partial charge in [0.05, 0.1) is 11.8 Å². The van der Waals surface area contributed by atoms with Crippen molar-refractivity contribution >= 4 is 33.4 Å². The van der Waals surface area contributed by atoms with Crippen LogP contribution in [0.25, 0.3) is 0 Å². The van der Waals surface area contributed by atoms with Crippen molar-refractivity contribution in [2.75, 3.05) is 11.9 Å². The topological polar surface area (TPSA) is 49.4 Å². The lowest BCUT2D eigenvalue weighted by Gasteiger charge is -2.35. The molecule has 1 saturated heterocycles. The highest BCUT2D eigenvalue weighted by molar-refractivity contribution is 9.10. The van der Waals surface area contributed by atoms with Gasteiger partial charge < -0.3 is 10.2 Å². The molecule has 130 valence electrons. The zero-order chi connectivity index (χ0) is 17.3. The quantitative estimate of drug-likeness (QED) is 0.837. The van der Waals surface area contributed by atoms with E-state index in [0.717, 1.165) is 41.5 Å². The van der Waals surface area contributed by atoms with Crippen molar-refractivity contribution in [3.8, 4) is 0 Å². The molecule has 3 rings (SSSR count). The summed E-state index contributed by atoms with van der Waals surface area (Å²) in [5.41, 5.74) is 1.84. The number of piperidine rings is 1. The first-order chi connectivity index (χ1) is 11.5. The molecule has 2 amide bonds. The number of hydrogen-bond donors (Lipinski definition) is 1. The molecular weight excluding hydrogens is 368 g/mol. The van der Waals surface area contributed by atoms with E-state index >= 15 is 0 Å². The number of nitrogens with one attached hydrogen (secondary N) is 1. The first-order valence-electron chi connectivity index (χ1n) is 8.88. The van der Waals surface area contributed by atoms with E-state index in [1.165, 1.54) is 6.42 Å². The number of rotatable bonds is 4. The monoisotopic (exact) mass is 392 g/mol. The molecule has 1 saturated carbocycles. The van der Waals surface area contributed by atoms with Crippen LogP contribution >= 0.6 is 15.9 Å². The smallest absolute Gasteiger partial charge is 0.228 e. The molecule has 1 aliphatic carbocycles. The molecule has 1 heterocycles. The third kappa shape index (κ3) is 3.66. The highest BCUT2D eigenvalue weighted by Crippen LogP contribution is 2.42. The van der Waals surface area contributed by atoms with Gasteiger partial charge in [-0.3, -0.25) is 9.59 Å². The number of nitrogens with zero attached hydrogens (tertiary/aromatic N) is 1. The van der Waals surface area contributed by atoms with Gasteiger partial charge in [0.2, 0.25) is 11.8 Å². The SMILES string of the molecule is CCC1CCCCN1C(=O)C1CC1C(=O)Nc1ccc(Br)cc1C. The highest BCUT2D eigenvalue weighted by atomic mass is 79.9. The minimum Gasteiger partial charge on any atom is -0.339 e. The van der Waals surface area contributed by atoms with Crippen LogP contribution in [-0.4, -0.2) is 29.3 Å². The summed E-state index contributed by atoms with van der Waals surface area (Å²) in [6.45, 7) is 4.97. The molecule has 0 radical (unpaired) electrons. The molecule has 0 bridgehead atoms. The molecule has 1 N–H and O–H groups in total. The second-order valence-corrected chi connectivity index (χ2v) is 7.90. The van der Waals surface area contributed by atoms with Gasteiger partial charge in [0, 0.05) is 22.7 Å². The Morgan fingerprint density at radius 3 is 2.79 bits per heavy atom. The molecule has 1 aromatic carbocycles. The first-order valence-corrected chi connectivity index (χ1v) is 9.68. The molecule has 5 heteroatoms. The van der Waals surface area contributed by atoms with E-state index in [2.05, 4.69) is 28.2 Å². The van der Waals surface area contributed by atoms with Gasteiger partial charge >= 0.3 is 0 Å². The zero-order valence-corrected chi connectivity index (χ0v) is 15.9. The number of anilines is 1. The van der Waals surface area contributed by atoms with Crippen LogP contribution in [-0.2, 0) is 9.59 Å². The molecule has 0 aromatic heterocycles. The molecule has 24 heavy (non-hydrogen) atoms. The average molecular weight is 393 g/mol. The Morgan fingerprint density at radius 1 is 1.29 bits per heavy atom. The summed E-state index contributed by atoms with van der Waals surface area (Å²) in [5, 5.41) is 2.98. The molecule has 3 unspecified atom stereocenters. The third-order valence-corrected chi connectivity index (χ3v) is 5.77. The Kier molecular flexibility index (Phi) is 5.28. The largest absolute Gasteiger partial charge is 0.339 e. The van der Waals surface area contributed by atoms with Crippen LogP contribution in [0.2, 0.25) is 0 Å². The Bertz CT molecular complexity index is 646. The number of aryl methyl sites for hydroxylation is 1. The van der Waals surface area contributed by atoms with Crippen molar-refractivity contribution in [1.29, 1.82) is 0 Å². The maximum Gasteiger partial charge on any atom is 0.228 e. The van der Waals surface area contributed by atoms with Gasteiger partial charge in [-0.25, -0.2) is 0 Å². The number of hydrogen-bond acceptors (Lipinski definition) is 2. The fourth-order valence-corrected chi connectivity index (χ4v) is 4.15. The zero-order valence-electron chi connectivity index (χ0n) is 14.3. The van der Waals surface area contributed by atoms with Crippen LogP contribution in [0, 0.1) is 18.8 Å². The fourth-order valence-electron chi connectivity index (χ4n) is 3.68. The molecular formula is C19H25BrN2O2. The van der Waals surface area contributed by atoms with E-state index in [1.807, 2.05) is 30.0 Å². The van der Waals surface area contributed by atoms with Gasteiger partial charge in [0.25, 0.3) is 0 Å². The molecule has 1 aliphatic heterocycles. The number of carbonyl (C=O) groups is 2. The maximum absolute atomic E-state index is 12.7. The summed E-state index contributed by atoms with van der Waals surface area (Å²) >= 11 is 3.43. The summed E-state index contributed by atoms with van der Waals surface area (Å²) in [7, 11) is 0. The lowest BCUT2D eigenvalue weighted by molar-refractivity contribution is -0.137. The number of likely N-dealkylation sites (tertiary alicyclic amines) is 1. The van der Waals surface area contributed by atoms with E-state index in [0.29, 0.717) is 12.5 Å². The predicted molar refractivity (Wildman–Crippen MR) is 98.7 cm³/mol. The van der Waals surface area contributed by atoms with Crippen LogP contribution in [0.5, 0.6) is 0 Å². The Morgan fingerprint density at radius 2 is 2.08 bits per heavy atom. The van der Waals surface area contributed by atoms with Crippen molar-refractivity contribution in [2.24, 2.45) is 11.8 Å². The summed E-state index contributed by atoms with van der Waals surface area (Å²) < 4.78 is 0.994. The fraction of sp³-hybridized carbons (Fsp3) is 0.579. The lowest BCUT2D eigenvalue weighted by Crippen LogP contribution is -2.44. The lowest BCUT2D eigenvalue weighted by atomic mass is 9.99. The average Bonchev–Trinajstić information content (AvgIpc) is 3.37. The van der Waals surface area contributed by atoms with Gasteiger partial charge in [0.1, 0.15) is 0 Å². The molecule has 0 spiro atoms. The first kappa shape index (κ1) is 17.5. The predicted octanol–water partition coefficient (Wildman–Crippen LogP) is 4.12. The van der Waals surface area contributed by atoms with Gasteiger partial charge in [-0.2, -0.15) is 0 Å². The molecule has 2 aliphatic rings. The van der Waals surface area contributed by atoms with E-state index in [4.69, 9.17) is 0 Å². The van der Waals surface area contributed by atoms with Gasteiger partial charge in [-0.05, 0) is 62.8 Å². The Hall–Kier alpha value is -1.36. The van der Waals surface area contributed by atoms with Crippen LogP contribution in [0.15, 0.2) is 22.7 Å². The van der Waals surface area contributed by atoms with E-state index in [1.54, 1.807) is 0 Å². The molecule has 1 aromatic rings. The van der Waals surface area contributed by atoms with Crippen molar-refractivity contribution in [3.63, 3.8) is 0 Å². The van der Waals surface area contributed by atoms with Gasteiger partial charge in [-0.1, -0.05) is 22.9 Å². The number of carbonyl (C=O) groups excluding carboxylic acids is 2. The Balaban J connectivity index is 1.59. The second-order valence-electron chi connectivity index (χ2n) is 6.99. The van der Waals surface area contributed by atoms with Crippen molar-refractivity contribution in [2.45, 2.75) is 52.0 Å². The number of halogens is 1. The standard InChI is InChI=1S/C19H25BrN2O2/c1-3-14-6-4-5-9-22(14)19(24)16-11-15(16)18(23)21-17-8-7-13(20)10-12(17)2/h7-8,10,14-16H,3-6,9,11H2,1-2H3,(H,21,23). The third-order valence-electron chi connectivity index (χ3n) is 5.27. The molecule has 2 fully saturated rings. The molecule has 4 nitrogen and oxygen atoms in total.